The van der Waals surface area contributed by atoms with Gasteiger partial charge in [-0.3, -0.25) is 14.3 Å². The minimum absolute atomic E-state index is 0.0990. The number of aromatic nitrogens is 5. The molecule has 2 atom stereocenters. The number of nitrogens with one attached hydrogen (secondary N) is 1. The molecule has 0 unspecified atom stereocenters. The van der Waals surface area contributed by atoms with Crippen LogP contribution in [-0.4, -0.2) is 61.7 Å². The Kier molecular flexibility index (Phi) is 3.73. The summed E-state index contributed by atoms with van der Waals surface area (Å²) in [5.41, 5.74) is 0.894. The van der Waals surface area contributed by atoms with Gasteiger partial charge in [-0.2, -0.15) is 5.10 Å². The van der Waals surface area contributed by atoms with Crippen molar-refractivity contribution in [3.8, 4) is 0 Å². The van der Waals surface area contributed by atoms with Gasteiger partial charge in [0.05, 0.1) is 17.8 Å². The lowest BCUT2D eigenvalue weighted by atomic mass is 10.0. The average molecular weight is 326 g/mol. The Morgan fingerprint density at radius 1 is 1.46 bits per heavy atom. The van der Waals surface area contributed by atoms with Crippen molar-refractivity contribution >= 4 is 11.4 Å². The second-order valence-electron chi connectivity index (χ2n) is 5.94. The van der Waals surface area contributed by atoms with Crippen molar-refractivity contribution < 1.29 is 9.53 Å². The summed E-state index contributed by atoms with van der Waals surface area (Å²) in [6.07, 6.45) is 5.81. The molecule has 1 aliphatic heterocycles. The Labute approximate surface area is 138 Å². The van der Waals surface area contributed by atoms with Crippen molar-refractivity contribution in [3.63, 3.8) is 0 Å². The molecule has 0 aliphatic carbocycles. The molecule has 1 amide bonds. The number of imidazole rings is 1. The first-order valence-corrected chi connectivity index (χ1v) is 7.88. The summed E-state index contributed by atoms with van der Waals surface area (Å²) in [6.45, 7) is 1.14. The molecule has 0 bridgehead atoms. The number of likely N-dealkylation sites (N-methyl/N-ethyl adjacent to an activating group) is 1. The van der Waals surface area contributed by atoms with Crippen LogP contribution in [0.5, 0.6) is 0 Å². The lowest BCUT2D eigenvalue weighted by Crippen LogP contribution is -2.37. The standard InChI is InChI=1S/C16H18N6O2/c1-21(9-13-12(5-7-24-13)14-18-10-19-20-14)16(23)15-17-8-11-4-2-3-6-22(11)15/h2-4,6,8,10,12-13H,5,7,9H2,1H3,(H,18,19,20)/t12-,13-/m1/s1. The highest BCUT2D eigenvalue weighted by Gasteiger charge is 2.34. The molecule has 124 valence electrons. The quantitative estimate of drug-likeness (QED) is 0.775. The van der Waals surface area contributed by atoms with E-state index in [9.17, 15) is 4.79 Å². The van der Waals surface area contributed by atoms with E-state index in [0.29, 0.717) is 19.0 Å². The highest BCUT2D eigenvalue weighted by atomic mass is 16.5. The van der Waals surface area contributed by atoms with Crippen molar-refractivity contribution in [2.24, 2.45) is 0 Å². The van der Waals surface area contributed by atoms with Crippen LogP contribution in [0, 0.1) is 0 Å². The van der Waals surface area contributed by atoms with Gasteiger partial charge in [0.25, 0.3) is 5.91 Å². The molecule has 1 aliphatic rings. The largest absolute Gasteiger partial charge is 0.376 e. The van der Waals surface area contributed by atoms with Gasteiger partial charge < -0.3 is 9.64 Å². The fourth-order valence-electron chi connectivity index (χ4n) is 3.16. The van der Waals surface area contributed by atoms with Gasteiger partial charge in [-0.15, -0.1) is 0 Å². The first-order valence-electron chi connectivity index (χ1n) is 7.88. The van der Waals surface area contributed by atoms with E-state index in [1.54, 1.807) is 22.5 Å². The second-order valence-corrected chi connectivity index (χ2v) is 5.94. The third-order valence-electron chi connectivity index (χ3n) is 4.42. The SMILES string of the molecule is CN(C[C@H]1OCC[C@H]1c1ncn[nH]1)C(=O)c1ncc2ccccn12. The molecule has 3 aromatic rings. The van der Waals surface area contributed by atoms with Crippen molar-refractivity contribution in [2.45, 2.75) is 18.4 Å². The van der Waals surface area contributed by atoms with Crippen LogP contribution < -0.4 is 0 Å². The zero-order chi connectivity index (χ0) is 16.5. The maximum atomic E-state index is 12.8. The number of hydrogen-bond acceptors (Lipinski definition) is 5. The van der Waals surface area contributed by atoms with Gasteiger partial charge in [-0.05, 0) is 18.6 Å². The van der Waals surface area contributed by atoms with Crippen molar-refractivity contribution in [1.29, 1.82) is 0 Å². The third kappa shape index (κ3) is 2.54. The minimum Gasteiger partial charge on any atom is -0.376 e. The number of aromatic amines is 1. The van der Waals surface area contributed by atoms with Crippen LogP contribution in [0.1, 0.15) is 28.8 Å². The van der Waals surface area contributed by atoms with E-state index in [1.165, 1.54) is 6.33 Å². The highest BCUT2D eigenvalue weighted by molar-refractivity contribution is 5.91. The van der Waals surface area contributed by atoms with Crippen molar-refractivity contribution in [1.82, 2.24) is 29.5 Å². The summed E-state index contributed by atoms with van der Waals surface area (Å²) in [4.78, 5) is 22.9. The topological polar surface area (TPSA) is 88.4 Å². The Hall–Kier alpha value is -2.74. The predicted molar refractivity (Wildman–Crippen MR) is 85.6 cm³/mol. The maximum Gasteiger partial charge on any atom is 0.290 e. The second kappa shape index (κ2) is 6.04. The minimum atomic E-state index is -0.131. The van der Waals surface area contributed by atoms with Gasteiger partial charge in [0, 0.05) is 32.3 Å². The Bertz CT molecular complexity index is 843. The fraction of sp³-hybridized carbons (Fsp3) is 0.375. The maximum absolute atomic E-state index is 12.8. The highest BCUT2D eigenvalue weighted by Crippen LogP contribution is 2.29. The van der Waals surface area contributed by atoms with Crippen molar-refractivity contribution in [2.75, 3.05) is 20.2 Å². The van der Waals surface area contributed by atoms with E-state index in [0.717, 1.165) is 17.8 Å². The number of nitrogens with zero attached hydrogens (tertiary/aromatic N) is 5. The van der Waals surface area contributed by atoms with Crippen LogP contribution in [0.2, 0.25) is 0 Å². The summed E-state index contributed by atoms with van der Waals surface area (Å²) in [5, 5.41) is 6.81. The molecule has 8 nitrogen and oxygen atoms in total. The monoisotopic (exact) mass is 326 g/mol. The van der Waals surface area contributed by atoms with Crippen LogP contribution in [0.4, 0.5) is 0 Å². The van der Waals surface area contributed by atoms with Gasteiger partial charge in [0.15, 0.2) is 0 Å². The first-order chi connectivity index (χ1) is 11.7. The van der Waals surface area contributed by atoms with Crippen LogP contribution >= 0.6 is 0 Å². The zero-order valence-electron chi connectivity index (χ0n) is 13.3. The number of carbonyl (C=O) groups is 1. The molecule has 3 aromatic heterocycles. The average Bonchev–Trinajstić information content (AvgIpc) is 3.33. The number of rotatable bonds is 4. The first kappa shape index (κ1) is 14.8. The van der Waals surface area contributed by atoms with E-state index in [1.807, 2.05) is 24.4 Å². The Morgan fingerprint density at radius 3 is 3.21 bits per heavy atom. The van der Waals surface area contributed by atoms with Gasteiger partial charge in [-0.1, -0.05) is 6.07 Å². The number of fused-ring (bicyclic) bond motifs is 1. The molecular weight excluding hydrogens is 308 g/mol. The lowest BCUT2D eigenvalue weighted by Gasteiger charge is -2.23. The van der Waals surface area contributed by atoms with Gasteiger partial charge in [-0.25, -0.2) is 9.97 Å². The molecule has 24 heavy (non-hydrogen) atoms. The van der Waals surface area contributed by atoms with Gasteiger partial charge >= 0.3 is 0 Å². The molecule has 4 heterocycles. The Morgan fingerprint density at radius 2 is 2.38 bits per heavy atom. The molecule has 0 saturated carbocycles. The summed E-state index contributed by atoms with van der Waals surface area (Å²) < 4.78 is 7.60. The van der Waals surface area contributed by atoms with E-state index < -0.39 is 0 Å². The fourth-order valence-corrected chi connectivity index (χ4v) is 3.16. The number of pyridine rings is 1. The van der Waals surface area contributed by atoms with Crippen LogP contribution in [0.3, 0.4) is 0 Å². The third-order valence-corrected chi connectivity index (χ3v) is 4.42. The van der Waals surface area contributed by atoms with Gasteiger partial charge in [0.1, 0.15) is 12.2 Å². The van der Waals surface area contributed by atoms with E-state index in [4.69, 9.17) is 4.74 Å². The summed E-state index contributed by atoms with van der Waals surface area (Å²) in [6, 6.07) is 5.72. The summed E-state index contributed by atoms with van der Waals surface area (Å²) in [7, 11) is 1.77. The molecule has 8 heteroatoms. The molecule has 0 radical (unpaired) electrons. The normalized spacial score (nSPS) is 20.5. The zero-order valence-corrected chi connectivity index (χ0v) is 13.3. The van der Waals surface area contributed by atoms with E-state index >= 15 is 0 Å². The van der Waals surface area contributed by atoms with Gasteiger partial charge in [0.2, 0.25) is 5.82 Å². The number of hydrogen-bond donors (Lipinski definition) is 1. The van der Waals surface area contributed by atoms with Crippen LogP contribution in [0.25, 0.3) is 5.52 Å². The number of carbonyl (C=O) groups excluding carboxylic acids is 1. The smallest absolute Gasteiger partial charge is 0.290 e. The lowest BCUT2D eigenvalue weighted by molar-refractivity contribution is 0.0541. The molecule has 1 saturated heterocycles. The number of ether oxygens (including phenoxy) is 1. The molecule has 0 spiro atoms. The molecule has 4 rings (SSSR count). The van der Waals surface area contributed by atoms with E-state index in [-0.39, 0.29) is 17.9 Å². The van der Waals surface area contributed by atoms with E-state index in [2.05, 4.69) is 20.2 Å². The van der Waals surface area contributed by atoms with Crippen molar-refractivity contribution in [3.05, 3.63) is 48.6 Å². The van der Waals surface area contributed by atoms with Crippen LogP contribution in [0.15, 0.2) is 36.9 Å². The Balaban J connectivity index is 1.51. The number of amides is 1. The molecular formula is C16H18N6O2. The molecule has 0 aromatic carbocycles. The summed E-state index contributed by atoms with van der Waals surface area (Å²) in [5.74, 6) is 1.21. The molecule has 1 fully saturated rings. The predicted octanol–water partition coefficient (Wildman–Crippen LogP) is 1.10. The van der Waals surface area contributed by atoms with Crippen LogP contribution in [-0.2, 0) is 4.74 Å². The molecule has 1 N–H and O–H groups in total. The number of H-pyrrole nitrogens is 1. The summed E-state index contributed by atoms with van der Waals surface area (Å²) >= 11 is 0.